The van der Waals surface area contributed by atoms with Crippen LogP contribution < -0.4 is 10.6 Å². The molecule has 2 heterocycles. The summed E-state index contributed by atoms with van der Waals surface area (Å²) in [6, 6.07) is 0. The van der Waals surface area contributed by atoms with Crippen LogP contribution in [0.4, 0.5) is 10.3 Å². The molecule has 1 fully saturated rings. The van der Waals surface area contributed by atoms with E-state index in [1.165, 1.54) is 12.4 Å². The molecule has 2 N–H and O–H groups in total. The summed E-state index contributed by atoms with van der Waals surface area (Å²) in [6.07, 6.45) is 4.64. The molecule has 0 radical (unpaired) electrons. The van der Waals surface area contributed by atoms with Crippen LogP contribution in [0.5, 0.6) is 0 Å². The van der Waals surface area contributed by atoms with Gasteiger partial charge in [-0.2, -0.15) is 0 Å². The summed E-state index contributed by atoms with van der Waals surface area (Å²) in [6.45, 7) is 5.20. The molecule has 0 unspecified atom stereocenters. The average Bonchev–Trinajstić information content (AvgIpc) is 2.29. The fourth-order valence-electron chi connectivity index (χ4n) is 1.90. The van der Waals surface area contributed by atoms with Crippen LogP contribution in [0, 0.1) is 11.2 Å². The molecule has 0 atom stereocenters. The Labute approximate surface area is 94.7 Å². The maximum absolute atomic E-state index is 12.6. The van der Waals surface area contributed by atoms with Crippen LogP contribution in [0.3, 0.4) is 0 Å². The van der Waals surface area contributed by atoms with Crippen molar-refractivity contribution < 1.29 is 4.39 Å². The molecule has 88 valence electrons. The summed E-state index contributed by atoms with van der Waals surface area (Å²) in [5.41, 5.74) is 0.281. The molecule has 0 amide bonds. The zero-order valence-electron chi connectivity index (χ0n) is 9.46. The Morgan fingerprint density at radius 1 is 1.38 bits per heavy atom. The fourth-order valence-corrected chi connectivity index (χ4v) is 1.90. The Morgan fingerprint density at radius 2 is 2.00 bits per heavy atom. The summed E-state index contributed by atoms with van der Waals surface area (Å²) in [5, 5.41) is 6.50. The predicted molar refractivity (Wildman–Crippen MR) is 60.7 cm³/mol. The van der Waals surface area contributed by atoms with E-state index in [-0.39, 0.29) is 5.41 Å². The largest absolute Gasteiger partial charge is 0.354 e. The maximum atomic E-state index is 12.6. The topological polar surface area (TPSA) is 49.8 Å². The minimum absolute atomic E-state index is 0.281. The Morgan fingerprint density at radius 3 is 2.62 bits per heavy atom. The third-order valence-electron chi connectivity index (χ3n) is 3.10. The molecule has 1 aromatic rings. The van der Waals surface area contributed by atoms with Crippen molar-refractivity contribution in [3.63, 3.8) is 0 Å². The summed E-state index contributed by atoms with van der Waals surface area (Å²) in [5.74, 6) is 0.0970. The molecule has 2 rings (SSSR count). The third kappa shape index (κ3) is 2.88. The van der Waals surface area contributed by atoms with E-state index in [0.717, 1.165) is 32.5 Å². The maximum Gasteiger partial charge on any atom is 0.222 e. The molecule has 0 saturated carbocycles. The molecule has 1 aromatic heterocycles. The Bertz CT molecular complexity index is 332. The predicted octanol–water partition coefficient (Wildman–Crippen LogP) is 1.42. The molecule has 1 aliphatic rings. The quantitative estimate of drug-likeness (QED) is 0.815. The van der Waals surface area contributed by atoms with E-state index in [1.807, 2.05) is 0 Å². The van der Waals surface area contributed by atoms with Crippen LogP contribution in [0.25, 0.3) is 0 Å². The SMILES string of the molecule is CC1(CNc2ncc(F)cn2)CCNCC1. The standard InChI is InChI=1S/C11H17FN4/c1-11(2-4-13-5-3-11)8-16-10-14-6-9(12)7-15-10/h6-7,13H,2-5,8H2,1H3,(H,14,15,16). The molecule has 1 saturated heterocycles. The minimum Gasteiger partial charge on any atom is -0.354 e. The molecule has 16 heavy (non-hydrogen) atoms. The molecule has 0 aliphatic carbocycles. The van der Waals surface area contributed by atoms with Gasteiger partial charge >= 0.3 is 0 Å². The monoisotopic (exact) mass is 224 g/mol. The Balaban J connectivity index is 1.88. The van der Waals surface area contributed by atoms with Crippen LogP contribution in [0.15, 0.2) is 12.4 Å². The van der Waals surface area contributed by atoms with E-state index in [1.54, 1.807) is 0 Å². The van der Waals surface area contributed by atoms with Gasteiger partial charge in [-0.3, -0.25) is 0 Å². The van der Waals surface area contributed by atoms with Crippen molar-refractivity contribution in [3.8, 4) is 0 Å². The van der Waals surface area contributed by atoms with Crippen LogP contribution in [0.2, 0.25) is 0 Å². The summed E-state index contributed by atoms with van der Waals surface area (Å²) in [4.78, 5) is 7.76. The van der Waals surface area contributed by atoms with Crippen molar-refractivity contribution in [3.05, 3.63) is 18.2 Å². The van der Waals surface area contributed by atoms with Crippen molar-refractivity contribution >= 4 is 5.95 Å². The number of halogens is 1. The van der Waals surface area contributed by atoms with E-state index >= 15 is 0 Å². The van der Waals surface area contributed by atoms with Crippen LogP contribution in [-0.4, -0.2) is 29.6 Å². The highest BCUT2D eigenvalue weighted by molar-refractivity contribution is 5.23. The zero-order valence-corrected chi connectivity index (χ0v) is 9.46. The lowest BCUT2D eigenvalue weighted by molar-refractivity contribution is 0.247. The third-order valence-corrected chi connectivity index (χ3v) is 3.10. The number of nitrogens with zero attached hydrogens (tertiary/aromatic N) is 2. The lowest BCUT2D eigenvalue weighted by Gasteiger charge is -2.34. The number of piperidine rings is 1. The van der Waals surface area contributed by atoms with Gasteiger partial charge in [0.05, 0.1) is 12.4 Å². The van der Waals surface area contributed by atoms with E-state index in [4.69, 9.17) is 0 Å². The normalized spacial score (nSPS) is 19.4. The molecule has 1 aliphatic heterocycles. The first-order valence-electron chi connectivity index (χ1n) is 5.60. The lowest BCUT2D eigenvalue weighted by Crippen LogP contribution is -2.39. The van der Waals surface area contributed by atoms with Crippen molar-refractivity contribution in [1.82, 2.24) is 15.3 Å². The first kappa shape index (κ1) is 11.3. The molecule has 0 aromatic carbocycles. The second kappa shape index (κ2) is 4.74. The van der Waals surface area contributed by atoms with Crippen molar-refractivity contribution in [2.75, 3.05) is 25.0 Å². The van der Waals surface area contributed by atoms with E-state index in [2.05, 4.69) is 27.5 Å². The second-order valence-electron chi connectivity index (χ2n) is 4.64. The molecular formula is C11H17FN4. The molecule has 5 heteroatoms. The number of nitrogens with one attached hydrogen (secondary N) is 2. The van der Waals surface area contributed by atoms with Gasteiger partial charge in [0.2, 0.25) is 5.95 Å². The first-order chi connectivity index (χ1) is 7.68. The van der Waals surface area contributed by atoms with E-state index in [9.17, 15) is 4.39 Å². The number of aromatic nitrogens is 2. The van der Waals surface area contributed by atoms with Gasteiger partial charge in [-0.15, -0.1) is 0 Å². The minimum atomic E-state index is -0.404. The van der Waals surface area contributed by atoms with Gasteiger partial charge < -0.3 is 10.6 Å². The van der Waals surface area contributed by atoms with Gasteiger partial charge in [0.1, 0.15) is 0 Å². The van der Waals surface area contributed by atoms with E-state index in [0.29, 0.717) is 5.95 Å². The highest BCUT2D eigenvalue weighted by Gasteiger charge is 2.26. The number of hydrogen-bond donors (Lipinski definition) is 2. The van der Waals surface area contributed by atoms with Gasteiger partial charge in [0.25, 0.3) is 0 Å². The summed E-state index contributed by atoms with van der Waals surface area (Å²) < 4.78 is 12.6. The fraction of sp³-hybridized carbons (Fsp3) is 0.636. The summed E-state index contributed by atoms with van der Waals surface area (Å²) in [7, 11) is 0. The zero-order chi connectivity index (χ0) is 11.4. The van der Waals surface area contributed by atoms with Gasteiger partial charge in [0, 0.05) is 6.54 Å². The second-order valence-corrected chi connectivity index (χ2v) is 4.64. The highest BCUT2D eigenvalue weighted by Crippen LogP contribution is 2.27. The molecule has 0 spiro atoms. The summed E-state index contributed by atoms with van der Waals surface area (Å²) >= 11 is 0. The van der Waals surface area contributed by atoms with Crippen LogP contribution >= 0.6 is 0 Å². The van der Waals surface area contributed by atoms with Gasteiger partial charge in [-0.05, 0) is 31.3 Å². The number of hydrogen-bond acceptors (Lipinski definition) is 4. The van der Waals surface area contributed by atoms with Gasteiger partial charge in [-0.25, -0.2) is 14.4 Å². The van der Waals surface area contributed by atoms with Crippen LogP contribution in [0.1, 0.15) is 19.8 Å². The van der Waals surface area contributed by atoms with Crippen molar-refractivity contribution in [1.29, 1.82) is 0 Å². The molecule has 0 bridgehead atoms. The number of anilines is 1. The van der Waals surface area contributed by atoms with Gasteiger partial charge in [0.15, 0.2) is 5.82 Å². The van der Waals surface area contributed by atoms with E-state index < -0.39 is 5.82 Å². The van der Waals surface area contributed by atoms with Crippen molar-refractivity contribution in [2.45, 2.75) is 19.8 Å². The number of rotatable bonds is 3. The smallest absolute Gasteiger partial charge is 0.222 e. The van der Waals surface area contributed by atoms with Gasteiger partial charge in [-0.1, -0.05) is 6.92 Å². The van der Waals surface area contributed by atoms with Crippen molar-refractivity contribution in [2.24, 2.45) is 5.41 Å². The molecule has 4 nitrogen and oxygen atoms in total. The Hall–Kier alpha value is -1.23. The molecular weight excluding hydrogens is 207 g/mol. The lowest BCUT2D eigenvalue weighted by atomic mass is 9.81. The Kier molecular flexibility index (Phi) is 3.33. The van der Waals surface area contributed by atoms with Crippen LogP contribution in [-0.2, 0) is 0 Å². The first-order valence-corrected chi connectivity index (χ1v) is 5.60. The highest BCUT2D eigenvalue weighted by atomic mass is 19.1. The average molecular weight is 224 g/mol.